The maximum absolute atomic E-state index is 13.5. The molecule has 46 heavy (non-hydrogen) atoms. The summed E-state index contributed by atoms with van der Waals surface area (Å²) in [5.74, 6) is 0.803. The Kier molecular flexibility index (Phi) is 6.85. The number of aliphatic hydroxyl groups is 1. The predicted octanol–water partition coefficient (Wildman–Crippen LogP) is 4.50. The lowest BCUT2D eigenvalue weighted by Crippen LogP contribution is -2.70. The van der Waals surface area contributed by atoms with Crippen molar-refractivity contribution in [3.05, 3.63) is 59.7 Å². The highest BCUT2D eigenvalue weighted by molar-refractivity contribution is 6.09. The third-order valence-electron chi connectivity index (χ3n) is 8.99. The molecular weight excluding hydrogens is 598 g/mol. The normalized spacial score (nSPS) is 18.3. The zero-order valence-corrected chi connectivity index (χ0v) is 26.1. The fourth-order valence-electron chi connectivity index (χ4n) is 6.74. The number of ether oxygens (including phenoxy) is 1. The van der Waals surface area contributed by atoms with Gasteiger partial charge in [-0.3, -0.25) is 9.69 Å². The summed E-state index contributed by atoms with van der Waals surface area (Å²) in [6.45, 7) is 9.77. The predicted molar refractivity (Wildman–Crippen MR) is 165 cm³/mol. The highest BCUT2D eigenvalue weighted by Gasteiger charge is 2.63. The van der Waals surface area contributed by atoms with Crippen LogP contribution < -0.4 is 10.2 Å². The van der Waals surface area contributed by atoms with Crippen LogP contribution in [0.4, 0.5) is 25.0 Å². The third kappa shape index (κ3) is 5.33. The topological polar surface area (TPSA) is 130 Å². The van der Waals surface area contributed by atoms with Crippen LogP contribution in [-0.2, 0) is 17.8 Å². The van der Waals surface area contributed by atoms with Gasteiger partial charge in [0.1, 0.15) is 17.0 Å². The van der Waals surface area contributed by atoms with E-state index >= 15 is 0 Å². The summed E-state index contributed by atoms with van der Waals surface area (Å²) in [5.41, 5.74) is 1.26. The van der Waals surface area contributed by atoms with Gasteiger partial charge in [0.05, 0.1) is 30.4 Å². The Balaban J connectivity index is 1.05. The summed E-state index contributed by atoms with van der Waals surface area (Å²) in [5, 5.41) is 22.0. The average molecular weight is 635 g/mol. The molecule has 1 aromatic carbocycles. The monoisotopic (exact) mass is 634 g/mol. The van der Waals surface area contributed by atoms with Gasteiger partial charge in [0.2, 0.25) is 0 Å². The van der Waals surface area contributed by atoms with Crippen molar-refractivity contribution >= 4 is 28.9 Å². The van der Waals surface area contributed by atoms with Gasteiger partial charge in [-0.1, -0.05) is 12.1 Å². The molecule has 0 radical (unpaired) electrons. The van der Waals surface area contributed by atoms with E-state index in [2.05, 4.69) is 25.4 Å². The fraction of sp³-hybridized carbons (Fsp3) is 0.469. The van der Waals surface area contributed by atoms with Crippen molar-refractivity contribution in [2.75, 3.05) is 29.9 Å². The number of pyridine rings is 1. The highest BCUT2D eigenvalue weighted by Crippen LogP contribution is 2.56. The van der Waals surface area contributed by atoms with Gasteiger partial charge < -0.3 is 20.1 Å². The molecule has 14 heteroatoms. The largest absolute Gasteiger partial charge is 0.444 e. The minimum atomic E-state index is -2.74. The van der Waals surface area contributed by atoms with Crippen molar-refractivity contribution in [3.63, 3.8) is 0 Å². The molecule has 12 nitrogen and oxygen atoms in total. The van der Waals surface area contributed by atoms with Crippen LogP contribution in [0.15, 0.2) is 42.7 Å². The number of rotatable bonds is 5. The van der Waals surface area contributed by atoms with E-state index in [9.17, 15) is 23.5 Å². The molecule has 2 N–H and O–H groups in total. The van der Waals surface area contributed by atoms with Crippen LogP contribution in [0.5, 0.6) is 0 Å². The summed E-state index contributed by atoms with van der Waals surface area (Å²) < 4.78 is 35.2. The van der Waals surface area contributed by atoms with E-state index in [0.717, 1.165) is 16.8 Å². The molecule has 1 saturated carbocycles. The van der Waals surface area contributed by atoms with Crippen molar-refractivity contribution in [2.45, 2.75) is 71.3 Å². The van der Waals surface area contributed by atoms with Gasteiger partial charge in [0.25, 0.3) is 12.3 Å². The van der Waals surface area contributed by atoms with Gasteiger partial charge in [-0.15, -0.1) is 0 Å². The van der Waals surface area contributed by atoms with Crippen LogP contribution in [-0.4, -0.2) is 83.6 Å². The van der Waals surface area contributed by atoms with Gasteiger partial charge in [-0.25, -0.2) is 27.8 Å². The van der Waals surface area contributed by atoms with Crippen LogP contribution in [0.2, 0.25) is 0 Å². The van der Waals surface area contributed by atoms with Crippen LogP contribution in [0, 0.1) is 12.3 Å². The van der Waals surface area contributed by atoms with E-state index in [4.69, 9.17) is 4.74 Å². The second-order valence-electron chi connectivity index (χ2n) is 13.8. The maximum atomic E-state index is 13.5. The first-order valence-corrected chi connectivity index (χ1v) is 15.3. The number of anilines is 2. The zero-order valence-electron chi connectivity index (χ0n) is 26.1. The number of alkyl halides is 2. The lowest BCUT2D eigenvalue weighted by molar-refractivity contribution is -0.209. The standard InChI is InChI=1S/C32H36F2N8O4/c1-19-5-6-20(26-37-25-14-39(9-10-42(25)38-26)29(44)46-30(2,3)4)11-23(19)36-27(43)22-13-35-41-8-7-21(12-24(22)41)40-17-31(18-40)15-32(45,16-31)28(33)34/h5-8,11-13,28,45H,9-10,14-18H2,1-4H3,(H,36,43). The Bertz CT molecular complexity index is 1850. The second-order valence-corrected chi connectivity index (χ2v) is 13.8. The first-order valence-electron chi connectivity index (χ1n) is 15.3. The quantitative estimate of drug-likeness (QED) is 0.328. The number of amides is 2. The second kappa shape index (κ2) is 10.5. The van der Waals surface area contributed by atoms with E-state index in [1.807, 2.05) is 58.0 Å². The molecule has 2 aliphatic heterocycles. The molecule has 0 atom stereocenters. The molecule has 1 aliphatic carbocycles. The minimum Gasteiger partial charge on any atom is -0.444 e. The molecule has 7 rings (SSSR count). The number of carbonyl (C=O) groups is 2. The lowest BCUT2D eigenvalue weighted by Gasteiger charge is -2.62. The summed E-state index contributed by atoms with van der Waals surface area (Å²) in [6.07, 6.45) is 0.344. The van der Waals surface area contributed by atoms with Gasteiger partial charge >= 0.3 is 6.09 Å². The molecule has 2 amide bonds. The Morgan fingerprint density at radius 2 is 1.87 bits per heavy atom. The van der Waals surface area contributed by atoms with Gasteiger partial charge in [0, 0.05) is 48.2 Å². The first-order chi connectivity index (χ1) is 21.7. The van der Waals surface area contributed by atoms with Crippen molar-refractivity contribution in [1.29, 1.82) is 0 Å². The van der Waals surface area contributed by atoms with E-state index in [0.29, 0.717) is 54.6 Å². The first kappa shape index (κ1) is 30.1. The summed E-state index contributed by atoms with van der Waals surface area (Å²) in [7, 11) is 0. The zero-order chi connectivity index (χ0) is 32.6. The molecule has 242 valence electrons. The Hall–Kier alpha value is -4.59. The van der Waals surface area contributed by atoms with Crippen molar-refractivity contribution < 1.29 is 28.2 Å². The summed E-state index contributed by atoms with van der Waals surface area (Å²) >= 11 is 0. The number of benzene rings is 1. The number of nitrogens with zero attached hydrogens (tertiary/aromatic N) is 7. The number of aromatic nitrogens is 5. The van der Waals surface area contributed by atoms with E-state index < -0.39 is 23.7 Å². The molecule has 3 aliphatic rings. The van der Waals surface area contributed by atoms with E-state index in [1.54, 1.807) is 20.3 Å². The fourth-order valence-corrected chi connectivity index (χ4v) is 6.74. The van der Waals surface area contributed by atoms with E-state index in [-0.39, 0.29) is 30.7 Å². The van der Waals surface area contributed by atoms with Crippen molar-refractivity contribution in [3.8, 4) is 11.4 Å². The molecular formula is C32H36F2N8O4. The summed E-state index contributed by atoms with van der Waals surface area (Å²) in [6, 6.07) is 9.36. The van der Waals surface area contributed by atoms with Gasteiger partial charge in [0.15, 0.2) is 5.82 Å². The van der Waals surface area contributed by atoms with Crippen LogP contribution in [0.25, 0.3) is 16.9 Å². The lowest BCUT2D eigenvalue weighted by atomic mass is 9.55. The molecule has 4 aromatic rings. The number of nitrogens with one attached hydrogen (secondary N) is 1. The molecule has 0 unspecified atom stereocenters. The maximum Gasteiger partial charge on any atom is 0.410 e. The van der Waals surface area contributed by atoms with Crippen molar-refractivity contribution in [2.24, 2.45) is 5.41 Å². The Labute approximate surface area is 263 Å². The summed E-state index contributed by atoms with van der Waals surface area (Å²) in [4.78, 5) is 34.5. The number of halogens is 2. The van der Waals surface area contributed by atoms with Crippen LogP contribution >= 0.6 is 0 Å². The molecule has 0 bridgehead atoms. The van der Waals surface area contributed by atoms with Crippen LogP contribution in [0.3, 0.4) is 0 Å². The molecule has 3 aromatic heterocycles. The van der Waals surface area contributed by atoms with Gasteiger partial charge in [-0.2, -0.15) is 10.2 Å². The molecule has 1 saturated heterocycles. The Morgan fingerprint density at radius 3 is 2.59 bits per heavy atom. The number of hydrogen-bond donors (Lipinski definition) is 2. The molecule has 1 spiro atoms. The van der Waals surface area contributed by atoms with E-state index in [1.165, 1.54) is 6.20 Å². The van der Waals surface area contributed by atoms with Crippen molar-refractivity contribution in [1.82, 2.24) is 29.3 Å². The number of carbonyl (C=O) groups excluding carboxylic acids is 2. The average Bonchev–Trinajstić information content (AvgIpc) is 3.58. The molecule has 2 fully saturated rings. The number of hydrogen-bond acceptors (Lipinski definition) is 8. The van der Waals surface area contributed by atoms with Gasteiger partial charge in [-0.05, 0) is 64.3 Å². The third-order valence-corrected chi connectivity index (χ3v) is 8.99. The SMILES string of the molecule is Cc1ccc(-c2nc3n(n2)CCN(C(=O)OC(C)(C)C)C3)cc1NC(=O)c1cnn2ccc(N3CC4(C3)CC(O)(C(F)F)C4)cc12. The highest BCUT2D eigenvalue weighted by atomic mass is 19.3. The Morgan fingerprint density at radius 1 is 1.11 bits per heavy atom. The minimum absolute atomic E-state index is 0.0940. The van der Waals surface area contributed by atoms with Crippen LogP contribution in [0.1, 0.15) is 55.4 Å². The molecule has 5 heterocycles. The number of fused-ring (bicyclic) bond motifs is 2. The number of aryl methyl sites for hydroxylation is 1. The smallest absolute Gasteiger partial charge is 0.410 e.